The topological polar surface area (TPSA) is 65.0 Å². The van der Waals surface area contributed by atoms with E-state index in [2.05, 4.69) is 0 Å². The van der Waals surface area contributed by atoms with Gasteiger partial charge in [0, 0.05) is 19.8 Å². The van der Waals surface area contributed by atoms with Crippen molar-refractivity contribution in [2.24, 2.45) is 5.92 Å². The first kappa shape index (κ1) is 14.8. The molecule has 1 fully saturated rings. The Morgan fingerprint density at radius 3 is 2.85 bits per heavy atom. The lowest BCUT2D eigenvalue weighted by molar-refractivity contribution is 0.0139. The molecule has 0 atom stereocenters. The van der Waals surface area contributed by atoms with Gasteiger partial charge < -0.3 is 19.3 Å². The third-order valence-electron chi connectivity index (χ3n) is 3.27. The molecule has 0 saturated carbocycles. The van der Waals surface area contributed by atoms with Gasteiger partial charge in [0.25, 0.3) is 0 Å². The van der Waals surface area contributed by atoms with E-state index in [1.54, 1.807) is 12.1 Å². The van der Waals surface area contributed by atoms with Crippen LogP contribution in [0.3, 0.4) is 0 Å². The predicted octanol–water partition coefficient (Wildman–Crippen LogP) is 2.21. The van der Waals surface area contributed by atoms with Gasteiger partial charge in [-0.25, -0.2) is 4.79 Å². The Balaban J connectivity index is 1.63. The van der Waals surface area contributed by atoms with E-state index in [1.807, 2.05) is 0 Å². The van der Waals surface area contributed by atoms with Crippen molar-refractivity contribution >= 4 is 5.97 Å². The van der Waals surface area contributed by atoms with E-state index in [0.29, 0.717) is 24.9 Å². The molecule has 0 spiro atoms. The third kappa shape index (κ3) is 4.83. The van der Waals surface area contributed by atoms with Gasteiger partial charge in [-0.3, -0.25) is 0 Å². The summed E-state index contributed by atoms with van der Waals surface area (Å²) in [7, 11) is 0. The molecular formula is C15H20O5. The quantitative estimate of drug-likeness (QED) is 0.776. The Morgan fingerprint density at radius 1 is 1.30 bits per heavy atom. The van der Waals surface area contributed by atoms with Crippen LogP contribution in [-0.2, 0) is 9.47 Å². The molecule has 1 N–H and O–H groups in total. The van der Waals surface area contributed by atoms with Crippen molar-refractivity contribution in [3.05, 3.63) is 29.8 Å². The smallest absolute Gasteiger partial charge is 0.335 e. The van der Waals surface area contributed by atoms with Crippen LogP contribution in [0.1, 0.15) is 23.2 Å². The molecule has 20 heavy (non-hydrogen) atoms. The first-order chi connectivity index (χ1) is 9.75. The second kappa shape index (κ2) is 7.87. The van der Waals surface area contributed by atoms with Crippen molar-refractivity contribution < 1.29 is 24.1 Å². The normalized spacial score (nSPS) is 16.0. The maximum absolute atomic E-state index is 10.8. The lowest BCUT2D eigenvalue weighted by Crippen LogP contribution is -2.21. The summed E-state index contributed by atoms with van der Waals surface area (Å²) in [4.78, 5) is 10.8. The lowest BCUT2D eigenvalue weighted by atomic mass is 10.0. The van der Waals surface area contributed by atoms with Crippen molar-refractivity contribution in [1.82, 2.24) is 0 Å². The van der Waals surface area contributed by atoms with Gasteiger partial charge in [0.2, 0.25) is 0 Å². The average molecular weight is 280 g/mol. The van der Waals surface area contributed by atoms with Gasteiger partial charge in [0.1, 0.15) is 12.4 Å². The summed E-state index contributed by atoms with van der Waals surface area (Å²) in [5, 5.41) is 8.87. The highest BCUT2D eigenvalue weighted by Gasteiger charge is 2.13. The molecule has 0 aromatic heterocycles. The second-order valence-electron chi connectivity index (χ2n) is 4.81. The van der Waals surface area contributed by atoms with Crippen molar-refractivity contribution in [3.8, 4) is 5.75 Å². The number of rotatable bonds is 7. The van der Waals surface area contributed by atoms with Crippen LogP contribution in [0.25, 0.3) is 0 Å². The molecule has 5 heteroatoms. The standard InChI is InChI=1S/C15H20O5/c16-15(17)13-2-1-3-14(10-13)20-9-8-19-11-12-4-6-18-7-5-12/h1-3,10,12H,4-9,11H2,(H,16,17). The van der Waals surface area contributed by atoms with E-state index in [4.69, 9.17) is 19.3 Å². The van der Waals surface area contributed by atoms with Crippen LogP contribution < -0.4 is 4.74 Å². The maximum atomic E-state index is 10.8. The fourth-order valence-corrected chi connectivity index (χ4v) is 2.10. The number of benzene rings is 1. The summed E-state index contributed by atoms with van der Waals surface area (Å²) in [5.74, 6) is 0.185. The number of ether oxygens (including phenoxy) is 3. The van der Waals surface area contributed by atoms with E-state index in [1.165, 1.54) is 12.1 Å². The van der Waals surface area contributed by atoms with Crippen LogP contribution in [0, 0.1) is 5.92 Å². The fraction of sp³-hybridized carbons (Fsp3) is 0.533. The van der Waals surface area contributed by atoms with Gasteiger partial charge in [-0.1, -0.05) is 6.07 Å². The van der Waals surface area contributed by atoms with Crippen molar-refractivity contribution in [2.75, 3.05) is 33.0 Å². The van der Waals surface area contributed by atoms with E-state index >= 15 is 0 Å². The van der Waals surface area contributed by atoms with Crippen LogP contribution >= 0.6 is 0 Å². The highest BCUT2D eigenvalue weighted by Crippen LogP contribution is 2.15. The molecule has 1 aromatic carbocycles. The van der Waals surface area contributed by atoms with Gasteiger partial charge in [-0.05, 0) is 37.0 Å². The van der Waals surface area contributed by atoms with Crippen LogP contribution in [-0.4, -0.2) is 44.1 Å². The Labute approximate surface area is 118 Å². The predicted molar refractivity (Wildman–Crippen MR) is 73.3 cm³/mol. The second-order valence-corrected chi connectivity index (χ2v) is 4.81. The molecule has 0 amide bonds. The Bertz CT molecular complexity index is 426. The molecule has 0 radical (unpaired) electrons. The minimum Gasteiger partial charge on any atom is -0.491 e. The number of hydrogen-bond donors (Lipinski definition) is 1. The first-order valence-electron chi connectivity index (χ1n) is 6.87. The number of aromatic carboxylic acids is 1. The molecule has 1 aromatic rings. The summed E-state index contributed by atoms with van der Waals surface area (Å²) in [6, 6.07) is 6.46. The highest BCUT2D eigenvalue weighted by molar-refractivity contribution is 5.87. The summed E-state index contributed by atoms with van der Waals surface area (Å²) in [6.07, 6.45) is 2.11. The maximum Gasteiger partial charge on any atom is 0.335 e. The molecule has 1 saturated heterocycles. The number of carbonyl (C=O) groups is 1. The Kier molecular flexibility index (Phi) is 5.83. The summed E-state index contributed by atoms with van der Waals surface area (Å²) < 4.78 is 16.3. The minimum absolute atomic E-state index is 0.227. The van der Waals surface area contributed by atoms with Crippen molar-refractivity contribution in [3.63, 3.8) is 0 Å². The molecule has 5 nitrogen and oxygen atoms in total. The Hall–Kier alpha value is -1.59. The molecule has 1 heterocycles. The molecular weight excluding hydrogens is 260 g/mol. The van der Waals surface area contributed by atoms with E-state index in [-0.39, 0.29) is 5.56 Å². The highest BCUT2D eigenvalue weighted by atomic mass is 16.5. The summed E-state index contributed by atoms with van der Waals surface area (Å²) >= 11 is 0. The van der Waals surface area contributed by atoms with Gasteiger partial charge >= 0.3 is 5.97 Å². The molecule has 1 aliphatic heterocycles. The molecule has 1 aliphatic rings. The number of carboxylic acid groups (broad SMARTS) is 1. The van der Waals surface area contributed by atoms with Crippen LogP contribution in [0.4, 0.5) is 0 Å². The van der Waals surface area contributed by atoms with E-state index < -0.39 is 5.97 Å². The first-order valence-corrected chi connectivity index (χ1v) is 6.87. The number of carboxylic acids is 1. The minimum atomic E-state index is -0.953. The van der Waals surface area contributed by atoms with E-state index in [0.717, 1.165) is 32.7 Å². The molecule has 110 valence electrons. The zero-order valence-electron chi connectivity index (χ0n) is 11.4. The van der Waals surface area contributed by atoms with Gasteiger partial charge in [0.05, 0.1) is 12.2 Å². The molecule has 0 bridgehead atoms. The average Bonchev–Trinajstić information content (AvgIpc) is 2.48. The zero-order valence-corrected chi connectivity index (χ0v) is 11.4. The number of hydrogen-bond acceptors (Lipinski definition) is 4. The largest absolute Gasteiger partial charge is 0.491 e. The summed E-state index contributed by atoms with van der Waals surface area (Å²) in [6.45, 7) is 3.32. The lowest BCUT2D eigenvalue weighted by Gasteiger charge is -2.21. The van der Waals surface area contributed by atoms with Crippen LogP contribution in [0.2, 0.25) is 0 Å². The molecule has 0 unspecified atom stereocenters. The van der Waals surface area contributed by atoms with Gasteiger partial charge in [-0.15, -0.1) is 0 Å². The molecule has 0 aliphatic carbocycles. The van der Waals surface area contributed by atoms with Crippen LogP contribution in [0.15, 0.2) is 24.3 Å². The zero-order chi connectivity index (χ0) is 14.2. The van der Waals surface area contributed by atoms with Gasteiger partial charge in [-0.2, -0.15) is 0 Å². The molecule has 2 rings (SSSR count). The summed E-state index contributed by atoms with van der Waals surface area (Å²) in [5.41, 5.74) is 0.227. The Morgan fingerprint density at radius 2 is 2.10 bits per heavy atom. The van der Waals surface area contributed by atoms with E-state index in [9.17, 15) is 4.79 Å². The fourth-order valence-electron chi connectivity index (χ4n) is 2.10. The third-order valence-corrected chi connectivity index (χ3v) is 3.27. The van der Waals surface area contributed by atoms with Gasteiger partial charge in [0.15, 0.2) is 0 Å². The van der Waals surface area contributed by atoms with Crippen molar-refractivity contribution in [2.45, 2.75) is 12.8 Å². The monoisotopic (exact) mass is 280 g/mol. The SMILES string of the molecule is O=C(O)c1cccc(OCCOCC2CCOCC2)c1. The van der Waals surface area contributed by atoms with Crippen molar-refractivity contribution in [1.29, 1.82) is 0 Å². The van der Waals surface area contributed by atoms with Crippen LogP contribution in [0.5, 0.6) is 5.75 Å².